The normalized spacial score (nSPS) is 10.6. The summed E-state index contributed by atoms with van der Waals surface area (Å²) < 4.78 is 0. The predicted octanol–water partition coefficient (Wildman–Crippen LogP) is 2.77. The Morgan fingerprint density at radius 2 is 1.90 bits per heavy atom. The van der Waals surface area contributed by atoms with Crippen LogP contribution in [0, 0.1) is 0 Å². The van der Waals surface area contributed by atoms with Crippen molar-refractivity contribution in [2.45, 2.75) is 33.1 Å². The minimum absolute atomic E-state index is 0.0352. The van der Waals surface area contributed by atoms with Gasteiger partial charge in [0.1, 0.15) is 4.99 Å². The highest BCUT2D eigenvalue weighted by Crippen LogP contribution is 2.10. The first-order valence-corrected chi connectivity index (χ1v) is 7.89. The molecule has 116 valence electrons. The summed E-state index contributed by atoms with van der Waals surface area (Å²) in [6, 6.07) is 7.28. The van der Waals surface area contributed by atoms with Crippen molar-refractivity contribution >= 4 is 28.8 Å². The molecule has 0 bridgehead atoms. The molecule has 0 fully saturated rings. The number of nitrogens with one attached hydrogen (secondary N) is 1. The first kappa shape index (κ1) is 17.6. The van der Waals surface area contributed by atoms with Gasteiger partial charge in [0.25, 0.3) is 0 Å². The molecular weight excluding hydrogens is 282 g/mol. The number of benzene rings is 1. The second-order valence-corrected chi connectivity index (χ2v) is 5.47. The lowest BCUT2D eigenvalue weighted by Gasteiger charge is -2.19. The van der Waals surface area contributed by atoms with Gasteiger partial charge in [-0.1, -0.05) is 32.5 Å². The fourth-order valence-corrected chi connectivity index (χ4v) is 2.15. The van der Waals surface area contributed by atoms with E-state index in [9.17, 15) is 4.79 Å². The van der Waals surface area contributed by atoms with Gasteiger partial charge < -0.3 is 16.0 Å². The molecule has 1 amide bonds. The van der Waals surface area contributed by atoms with Crippen molar-refractivity contribution in [3.05, 3.63) is 29.8 Å². The maximum Gasteiger partial charge on any atom is 0.225 e. The number of unbranched alkanes of at least 4 members (excludes halogenated alkanes) is 1. The molecule has 0 saturated heterocycles. The van der Waals surface area contributed by atoms with Crippen LogP contribution in [0.25, 0.3) is 0 Å². The van der Waals surface area contributed by atoms with Crippen LogP contribution in [-0.2, 0) is 4.79 Å². The molecular formula is C16H25N3OS. The van der Waals surface area contributed by atoms with Gasteiger partial charge in [0.2, 0.25) is 5.91 Å². The molecule has 5 heteroatoms. The number of anilines is 1. The first-order valence-electron chi connectivity index (χ1n) is 7.48. The van der Waals surface area contributed by atoms with E-state index in [1.165, 1.54) is 12.8 Å². The zero-order valence-electron chi connectivity index (χ0n) is 12.9. The number of hydrogen-bond donors (Lipinski definition) is 2. The number of rotatable bonds is 9. The van der Waals surface area contributed by atoms with Crippen LogP contribution in [0.15, 0.2) is 24.3 Å². The van der Waals surface area contributed by atoms with E-state index in [0.717, 1.165) is 30.9 Å². The maximum absolute atomic E-state index is 11.9. The summed E-state index contributed by atoms with van der Waals surface area (Å²) in [7, 11) is 0. The van der Waals surface area contributed by atoms with Crippen molar-refractivity contribution in [2.75, 3.05) is 25.0 Å². The molecule has 0 atom stereocenters. The van der Waals surface area contributed by atoms with Gasteiger partial charge in [0.05, 0.1) is 0 Å². The second kappa shape index (κ2) is 9.47. The van der Waals surface area contributed by atoms with Crippen molar-refractivity contribution in [1.82, 2.24) is 4.90 Å². The summed E-state index contributed by atoms with van der Waals surface area (Å²) in [5.74, 6) is 0.0352. The first-order chi connectivity index (χ1) is 10.1. The fraction of sp³-hybridized carbons (Fsp3) is 0.500. The quantitative estimate of drug-likeness (QED) is 0.689. The number of amides is 1. The van der Waals surface area contributed by atoms with Gasteiger partial charge >= 0.3 is 0 Å². The molecule has 4 nitrogen and oxygen atoms in total. The van der Waals surface area contributed by atoms with Gasteiger partial charge in [0, 0.05) is 24.2 Å². The average molecular weight is 307 g/mol. The highest BCUT2D eigenvalue weighted by Gasteiger charge is 2.07. The summed E-state index contributed by atoms with van der Waals surface area (Å²) in [6.45, 7) is 7.14. The Bertz CT molecular complexity index is 459. The summed E-state index contributed by atoms with van der Waals surface area (Å²) in [5, 5.41) is 2.89. The molecule has 0 aromatic heterocycles. The Balaban J connectivity index is 2.40. The zero-order chi connectivity index (χ0) is 15.7. The molecule has 1 rings (SSSR count). The Morgan fingerprint density at radius 3 is 2.43 bits per heavy atom. The van der Waals surface area contributed by atoms with Crippen molar-refractivity contribution in [2.24, 2.45) is 5.73 Å². The number of carbonyl (C=O) groups excluding carboxylic acids is 1. The third-order valence-corrected chi connectivity index (χ3v) is 3.62. The van der Waals surface area contributed by atoms with E-state index in [4.69, 9.17) is 18.0 Å². The van der Waals surface area contributed by atoms with Gasteiger partial charge in [-0.05, 0) is 43.8 Å². The molecule has 0 aliphatic heterocycles. The summed E-state index contributed by atoms with van der Waals surface area (Å²) in [4.78, 5) is 14.6. The second-order valence-electron chi connectivity index (χ2n) is 5.03. The monoisotopic (exact) mass is 307 g/mol. The Morgan fingerprint density at radius 1 is 1.24 bits per heavy atom. The zero-order valence-corrected chi connectivity index (χ0v) is 13.7. The van der Waals surface area contributed by atoms with Gasteiger partial charge in [-0.15, -0.1) is 0 Å². The summed E-state index contributed by atoms with van der Waals surface area (Å²) >= 11 is 4.90. The van der Waals surface area contributed by atoms with Crippen LogP contribution >= 0.6 is 12.2 Å². The average Bonchev–Trinajstić information content (AvgIpc) is 2.48. The van der Waals surface area contributed by atoms with Gasteiger partial charge in [0.15, 0.2) is 0 Å². The van der Waals surface area contributed by atoms with E-state index in [2.05, 4.69) is 24.1 Å². The molecule has 21 heavy (non-hydrogen) atoms. The van der Waals surface area contributed by atoms with Crippen LogP contribution < -0.4 is 11.1 Å². The number of hydrogen-bond acceptors (Lipinski definition) is 3. The topological polar surface area (TPSA) is 58.4 Å². The van der Waals surface area contributed by atoms with Crippen molar-refractivity contribution < 1.29 is 4.79 Å². The molecule has 1 aromatic rings. The molecule has 1 aromatic carbocycles. The predicted molar refractivity (Wildman–Crippen MR) is 92.6 cm³/mol. The largest absolute Gasteiger partial charge is 0.389 e. The van der Waals surface area contributed by atoms with Gasteiger partial charge in [-0.3, -0.25) is 4.79 Å². The molecule has 0 spiro atoms. The fourth-order valence-electron chi connectivity index (χ4n) is 2.01. The van der Waals surface area contributed by atoms with Crippen molar-refractivity contribution in [3.8, 4) is 0 Å². The Hall–Kier alpha value is -1.46. The lowest BCUT2D eigenvalue weighted by molar-refractivity contribution is -0.116. The summed E-state index contributed by atoms with van der Waals surface area (Å²) in [5.41, 5.74) is 7.12. The van der Waals surface area contributed by atoms with E-state index in [0.29, 0.717) is 11.4 Å². The van der Waals surface area contributed by atoms with Crippen LogP contribution in [0.3, 0.4) is 0 Å². The smallest absolute Gasteiger partial charge is 0.225 e. The number of nitrogens with two attached hydrogens (primary N) is 1. The molecule has 0 aliphatic carbocycles. The van der Waals surface area contributed by atoms with E-state index in [-0.39, 0.29) is 5.91 Å². The van der Waals surface area contributed by atoms with Crippen molar-refractivity contribution in [3.63, 3.8) is 0 Å². The van der Waals surface area contributed by atoms with E-state index >= 15 is 0 Å². The van der Waals surface area contributed by atoms with Crippen molar-refractivity contribution in [1.29, 1.82) is 0 Å². The van der Waals surface area contributed by atoms with Crippen LogP contribution in [0.4, 0.5) is 5.69 Å². The SMILES string of the molecule is CCCCN(CC)CCC(=O)Nc1ccc(C(N)=S)cc1. The third-order valence-electron chi connectivity index (χ3n) is 3.38. The molecule has 0 heterocycles. The lowest BCUT2D eigenvalue weighted by Crippen LogP contribution is -2.28. The molecule has 0 radical (unpaired) electrons. The van der Waals surface area contributed by atoms with E-state index < -0.39 is 0 Å². The number of nitrogens with zero attached hydrogens (tertiary/aromatic N) is 1. The Kier molecular flexibility index (Phi) is 7.93. The van der Waals surface area contributed by atoms with Gasteiger partial charge in [-0.25, -0.2) is 0 Å². The van der Waals surface area contributed by atoms with Crippen LogP contribution in [0.1, 0.15) is 38.7 Å². The molecule has 3 N–H and O–H groups in total. The maximum atomic E-state index is 11.9. The molecule has 0 unspecified atom stereocenters. The van der Waals surface area contributed by atoms with E-state index in [1.54, 1.807) is 0 Å². The van der Waals surface area contributed by atoms with Crippen LogP contribution in [0.2, 0.25) is 0 Å². The lowest BCUT2D eigenvalue weighted by atomic mass is 10.2. The van der Waals surface area contributed by atoms with Crippen LogP contribution in [0.5, 0.6) is 0 Å². The van der Waals surface area contributed by atoms with E-state index in [1.807, 2.05) is 24.3 Å². The molecule has 0 aliphatic rings. The number of carbonyl (C=O) groups is 1. The van der Waals surface area contributed by atoms with Crippen LogP contribution in [-0.4, -0.2) is 35.4 Å². The Labute approximate surface area is 132 Å². The highest BCUT2D eigenvalue weighted by atomic mass is 32.1. The highest BCUT2D eigenvalue weighted by molar-refractivity contribution is 7.80. The minimum atomic E-state index is 0.0352. The summed E-state index contributed by atoms with van der Waals surface area (Å²) in [6.07, 6.45) is 2.86. The van der Waals surface area contributed by atoms with Gasteiger partial charge in [-0.2, -0.15) is 0 Å². The molecule has 0 saturated carbocycles. The minimum Gasteiger partial charge on any atom is -0.389 e. The standard InChI is InChI=1S/C16H25N3OS/c1-3-5-11-19(4-2)12-10-15(20)18-14-8-6-13(7-9-14)16(17)21/h6-9H,3-5,10-12H2,1-2H3,(H2,17,21)(H,18,20). The third kappa shape index (κ3) is 6.69. The number of thiocarbonyl (C=S) groups is 1.